The molecule has 0 radical (unpaired) electrons. The average molecular weight is 511 g/mol. The molecule has 0 fully saturated rings. The van der Waals surface area contributed by atoms with Gasteiger partial charge in [0.15, 0.2) is 6.04 Å². The second-order valence-corrected chi connectivity index (χ2v) is 10.7. The molecule has 0 spiro atoms. The van der Waals surface area contributed by atoms with Crippen molar-refractivity contribution in [3.63, 3.8) is 0 Å². The van der Waals surface area contributed by atoms with E-state index in [4.69, 9.17) is 14.2 Å². The van der Waals surface area contributed by atoms with Gasteiger partial charge < -0.3 is 24.8 Å². The van der Waals surface area contributed by atoms with Crippen molar-refractivity contribution >= 4 is 34.7 Å². The topological polar surface area (TPSA) is 120 Å². The van der Waals surface area contributed by atoms with Crippen molar-refractivity contribution in [2.24, 2.45) is 5.41 Å². The highest BCUT2D eigenvalue weighted by Gasteiger charge is 2.39. The van der Waals surface area contributed by atoms with Crippen LogP contribution in [0.1, 0.15) is 47.1 Å². The van der Waals surface area contributed by atoms with Crippen molar-refractivity contribution in [2.45, 2.75) is 65.0 Å². The van der Waals surface area contributed by atoms with Crippen LogP contribution in [-0.2, 0) is 40.0 Å². The zero-order chi connectivity index (χ0) is 26.6. The van der Waals surface area contributed by atoms with E-state index in [-0.39, 0.29) is 31.5 Å². The third-order valence-corrected chi connectivity index (χ3v) is 6.35. The SMILES string of the molecule is CCOC(=O)C(COCc1ccccc1)NC(=O)C(C)(C)NC(=O)C(SC(=O)COC)C(C)(C)C. The first-order valence-electron chi connectivity index (χ1n) is 11.4. The predicted molar refractivity (Wildman–Crippen MR) is 135 cm³/mol. The van der Waals surface area contributed by atoms with E-state index in [1.807, 2.05) is 51.1 Å². The van der Waals surface area contributed by atoms with Gasteiger partial charge in [0.05, 0.1) is 25.1 Å². The Labute approximate surface area is 212 Å². The fraction of sp³-hybridized carbons (Fsp3) is 0.600. The molecule has 0 aromatic heterocycles. The number of benzene rings is 1. The Hall–Kier alpha value is -2.43. The van der Waals surface area contributed by atoms with E-state index < -0.39 is 40.0 Å². The number of thioether (sulfide) groups is 1. The van der Waals surface area contributed by atoms with Crippen molar-refractivity contribution < 1.29 is 33.4 Å². The molecule has 2 N–H and O–H groups in total. The van der Waals surface area contributed by atoms with Gasteiger partial charge in [-0.1, -0.05) is 62.9 Å². The van der Waals surface area contributed by atoms with Gasteiger partial charge in [0.1, 0.15) is 12.1 Å². The molecule has 2 amide bonds. The van der Waals surface area contributed by atoms with Crippen molar-refractivity contribution in [3.05, 3.63) is 35.9 Å². The molecule has 0 aliphatic carbocycles. The van der Waals surface area contributed by atoms with Crippen molar-refractivity contribution in [1.29, 1.82) is 0 Å². The van der Waals surface area contributed by atoms with Crippen molar-refractivity contribution in [3.8, 4) is 0 Å². The molecule has 0 saturated carbocycles. The number of esters is 1. The quantitative estimate of drug-likeness (QED) is 0.389. The normalized spacial score (nSPS) is 13.5. The van der Waals surface area contributed by atoms with E-state index in [2.05, 4.69) is 10.6 Å². The molecule has 1 rings (SSSR count). The van der Waals surface area contributed by atoms with Crippen molar-refractivity contribution in [1.82, 2.24) is 10.6 Å². The van der Waals surface area contributed by atoms with Crippen LogP contribution in [0.25, 0.3) is 0 Å². The summed E-state index contributed by atoms with van der Waals surface area (Å²) in [5.41, 5.74) is -1.03. The van der Waals surface area contributed by atoms with E-state index in [9.17, 15) is 19.2 Å². The van der Waals surface area contributed by atoms with Crippen LogP contribution in [0, 0.1) is 5.41 Å². The monoisotopic (exact) mass is 510 g/mol. The van der Waals surface area contributed by atoms with Crippen LogP contribution in [0.4, 0.5) is 0 Å². The third kappa shape index (κ3) is 10.8. The lowest BCUT2D eigenvalue weighted by molar-refractivity contribution is -0.150. The third-order valence-electron chi connectivity index (χ3n) is 4.81. The second-order valence-electron chi connectivity index (χ2n) is 9.56. The Morgan fingerprint density at radius 3 is 2.20 bits per heavy atom. The summed E-state index contributed by atoms with van der Waals surface area (Å²) in [6, 6.07) is 8.35. The van der Waals surface area contributed by atoms with E-state index in [1.54, 1.807) is 6.92 Å². The molecule has 0 saturated heterocycles. The summed E-state index contributed by atoms with van der Waals surface area (Å²) in [6.45, 7) is 10.4. The van der Waals surface area contributed by atoms with Gasteiger partial charge in [-0.2, -0.15) is 0 Å². The molecule has 9 nitrogen and oxygen atoms in total. The van der Waals surface area contributed by atoms with E-state index in [0.29, 0.717) is 0 Å². The Kier molecular flexibility index (Phi) is 12.4. The Bertz CT molecular complexity index is 853. The molecule has 2 atom stereocenters. The van der Waals surface area contributed by atoms with Crippen LogP contribution in [0.15, 0.2) is 30.3 Å². The zero-order valence-corrected chi connectivity index (χ0v) is 22.5. The lowest BCUT2D eigenvalue weighted by Crippen LogP contribution is -2.60. The smallest absolute Gasteiger partial charge is 0.331 e. The van der Waals surface area contributed by atoms with Gasteiger partial charge in [-0.25, -0.2) is 4.79 Å². The molecular weight excluding hydrogens is 472 g/mol. The molecule has 0 bridgehead atoms. The van der Waals surface area contributed by atoms with Gasteiger partial charge in [0.25, 0.3) is 0 Å². The first-order valence-corrected chi connectivity index (χ1v) is 12.3. The molecule has 35 heavy (non-hydrogen) atoms. The lowest BCUT2D eigenvalue weighted by Gasteiger charge is -2.33. The molecule has 10 heteroatoms. The van der Waals surface area contributed by atoms with Gasteiger partial charge in [0.2, 0.25) is 16.9 Å². The Balaban J connectivity index is 2.88. The minimum Gasteiger partial charge on any atom is -0.464 e. The molecule has 0 aliphatic heterocycles. The number of methoxy groups -OCH3 is 1. The van der Waals surface area contributed by atoms with E-state index >= 15 is 0 Å². The van der Waals surface area contributed by atoms with E-state index in [1.165, 1.54) is 21.0 Å². The maximum atomic E-state index is 13.1. The summed E-state index contributed by atoms with van der Waals surface area (Å²) < 4.78 is 15.6. The van der Waals surface area contributed by atoms with Gasteiger partial charge in [0, 0.05) is 7.11 Å². The van der Waals surface area contributed by atoms with Gasteiger partial charge >= 0.3 is 5.97 Å². The Morgan fingerprint density at radius 1 is 1.03 bits per heavy atom. The standard InChI is InChI=1S/C25H38N2O7S/c1-8-34-22(30)18(15-33-14-17-12-10-9-11-13-17)26-23(31)25(5,6)27-21(29)20(24(2,3)4)35-19(28)16-32-7/h9-13,18,20H,8,14-16H2,1-7H3,(H,26,31)(H,27,29). The first-order chi connectivity index (χ1) is 16.3. The number of hydrogen-bond donors (Lipinski definition) is 2. The number of nitrogens with one attached hydrogen (secondary N) is 2. The maximum absolute atomic E-state index is 13.1. The highest BCUT2D eigenvalue weighted by atomic mass is 32.2. The Morgan fingerprint density at radius 2 is 1.66 bits per heavy atom. The van der Waals surface area contributed by atoms with Crippen molar-refractivity contribution in [2.75, 3.05) is 26.9 Å². The summed E-state index contributed by atoms with van der Waals surface area (Å²) in [5.74, 6) is -1.70. The van der Waals surface area contributed by atoms with Gasteiger partial charge in [-0.3, -0.25) is 14.4 Å². The lowest BCUT2D eigenvalue weighted by atomic mass is 9.90. The molecule has 2 unspecified atom stereocenters. The number of amides is 2. The van der Waals surface area contributed by atoms with Gasteiger partial charge in [-0.05, 0) is 31.7 Å². The van der Waals surface area contributed by atoms with Crippen LogP contribution in [0.2, 0.25) is 0 Å². The number of rotatable bonds is 13. The average Bonchev–Trinajstić information content (AvgIpc) is 2.76. The zero-order valence-electron chi connectivity index (χ0n) is 21.6. The molecule has 1 aromatic carbocycles. The minimum atomic E-state index is -1.38. The van der Waals surface area contributed by atoms with Crippen LogP contribution in [0.5, 0.6) is 0 Å². The minimum absolute atomic E-state index is 0.102. The van der Waals surface area contributed by atoms with Gasteiger partial charge in [-0.15, -0.1) is 0 Å². The summed E-state index contributed by atoms with van der Waals surface area (Å²) in [4.78, 5) is 50.7. The maximum Gasteiger partial charge on any atom is 0.331 e. The second kappa shape index (κ2) is 14.2. The number of carbonyl (C=O) groups is 4. The summed E-state index contributed by atoms with van der Waals surface area (Å²) >= 11 is 0.869. The van der Waals surface area contributed by atoms with Crippen LogP contribution < -0.4 is 10.6 Å². The highest BCUT2D eigenvalue weighted by Crippen LogP contribution is 2.31. The summed E-state index contributed by atoms with van der Waals surface area (Å²) in [5, 5.41) is 4.29. The molecular formula is C25H38N2O7S. The summed E-state index contributed by atoms with van der Waals surface area (Å²) in [6.07, 6.45) is 0. The fourth-order valence-corrected chi connectivity index (χ4v) is 3.92. The number of ether oxygens (including phenoxy) is 3. The van der Waals surface area contributed by atoms with Crippen LogP contribution >= 0.6 is 11.8 Å². The first kappa shape index (κ1) is 30.6. The van der Waals surface area contributed by atoms with Crippen LogP contribution in [-0.4, -0.2) is 66.7 Å². The highest BCUT2D eigenvalue weighted by molar-refractivity contribution is 8.14. The van der Waals surface area contributed by atoms with E-state index in [0.717, 1.165) is 17.3 Å². The largest absolute Gasteiger partial charge is 0.464 e. The molecule has 1 aromatic rings. The fourth-order valence-electron chi connectivity index (χ4n) is 2.96. The number of hydrogen-bond acceptors (Lipinski definition) is 8. The summed E-state index contributed by atoms with van der Waals surface area (Å²) in [7, 11) is 1.40. The molecule has 196 valence electrons. The number of carbonyl (C=O) groups excluding carboxylic acids is 4. The van der Waals surface area contributed by atoms with Crippen LogP contribution in [0.3, 0.4) is 0 Å². The molecule has 0 aliphatic rings. The predicted octanol–water partition coefficient (Wildman–Crippen LogP) is 2.47. The molecule has 0 heterocycles.